The maximum Gasteiger partial charge on any atom is 0.268 e. The quantitative estimate of drug-likeness (QED) is 0.764. The lowest BCUT2D eigenvalue weighted by molar-refractivity contribution is 0.310. The highest BCUT2D eigenvalue weighted by atomic mass is 79.9. The summed E-state index contributed by atoms with van der Waals surface area (Å²) in [5.74, 6) is 0.417. The predicted octanol–water partition coefficient (Wildman–Crippen LogP) is 3.31. The fourth-order valence-electron chi connectivity index (χ4n) is 2.26. The predicted molar refractivity (Wildman–Crippen MR) is 94.4 cm³/mol. The number of aromatic nitrogens is 1. The molecule has 0 aliphatic carbocycles. The highest BCUT2D eigenvalue weighted by Gasteiger charge is 2.21. The third kappa shape index (κ3) is 3.42. The number of nitriles is 2. The van der Waals surface area contributed by atoms with E-state index in [1.807, 2.05) is 19.1 Å². The van der Waals surface area contributed by atoms with Crippen LogP contribution in [-0.2, 0) is 0 Å². The van der Waals surface area contributed by atoms with Crippen molar-refractivity contribution in [3.63, 3.8) is 0 Å². The zero-order chi connectivity index (χ0) is 17.7. The summed E-state index contributed by atoms with van der Waals surface area (Å²) in [6.45, 7) is 2.54. The Morgan fingerprint density at radius 2 is 2.00 bits per heavy atom. The maximum absolute atomic E-state index is 12.1. The number of anilines is 1. The molecular formula is C17H15BrN4O2. The number of nitrogens with zero attached hydrogens (tertiary/aromatic N) is 2. The molecule has 0 saturated heterocycles. The normalized spacial score (nSPS) is 10.0. The number of hydrogen-bond acceptors (Lipinski definition) is 5. The van der Waals surface area contributed by atoms with Gasteiger partial charge in [-0.05, 0) is 24.6 Å². The first-order valence-corrected chi connectivity index (χ1v) is 8.11. The summed E-state index contributed by atoms with van der Waals surface area (Å²) < 4.78 is 6.50. The molecule has 0 bridgehead atoms. The van der Waals surface area contributed by atoms with Gasteiger partial charge in [0.05, 0.1) is 6.61 Å². The minimum absolute atomic E-state index is 0.0459. The summed E-state index contributed by atoms with van der Waals surface area (Å²) in [6, 6.07) is 9.05. The highest BCUT2D eigenvalue weighted by molar-refractivity contribution is 9.10. The fourth-order valence-corrected chi connectivity index (χ4v) is 2.62. The number of hydrogen-bond donors (Lipinski definition) is 2. The third-order valence-corrected chi connectivity index (χ3v) is 3.93. The van der Waals surface area contributed by atoms with Crippen molar-refractivity contribution < 1.29 is 4.74 Å². The number of pyridine rings is 1. The number of benzene rings is 1. The summed E-state index contributed by atoms with van der Waals surface area (Å²) in [7, 11) is 0. The van der Waals surface area contributed by atoms with E-state index in [2.05, 4.69) is 20.9 Å². The van der Waals surface area contributed by atoms with Crippen LogP contribution < -0.4 is 16.0 Å². The summed E-state index contributed by atoms with van der Waals surface area (Å²) in [5.41, 5.74) is 5.67. The number of H-pyrrole nitrogens is 1. The SMILES string of the molecule is CCCCOc1ccc(Br)cc1-c1c(C#N)c(N)[nH]c(=O)c1C#N. The van der Waals surface area contributed by atoms with Gasteiger partial charge in [-0.25, -0.2) is 0 Å². The van der Waals surface area contributed by atoms with E-state index in [4.69, 9.17) is 10.5 Å². The second kappa shape index (κ2) is 7.67. The van der Waals surface area contributed by atoms with Gasteiger partial charge in [-0.15, -0.1) is 0 Å². The molecule has 1 aromatic carbocycles. The summed E-state index contributed by atoms with van der Waals surface area (Å²) in [4.78, 5) is 14.4. The van der Waals surface area contributed by atoms with Crippen LogP contribution >= 0.6 is 15.9 Å². The van der Waals surface area contributed by atoms with Gasteiger partial charge in [-0.2, -0.15) is 10.5 Å². The molecule has 0 aliphatic rings. The zero-order valence-corrected chi connectivity index (χ0v) is 14.6. The monoisotopic (exact) mass is 386 g/mol. The Morgan fingerprint density at radius 1 is 1.29 bits per heavy atom. The van der Waals surface area contributed by atoms with E-state index in [1.165, 1.54) is 0 Å². The van der Waals surface area contributed by atoms with Crippen LogP contribution in [0.3, 0.4) is 0 Å². The number of nitrogens with one attached hydrogen (secondary N) is 1. The Bertz CT molecular complexity index is 907. The van der Waals surface area contributed by atoms with E-state index in [0.717, 1.165) is 17.3 Å². The Labute approximate surface area is 147 Å². The summed E-state index contributed by atoms with van der Waals surface area (Å²) in [5, 5.41) is 18.8. The van der Waals surface area contributed by atoms with Crippen LogP contribution in [0.4, 0.5) is 5.82 Å². The largest absolute Gasteiger partial charge is 0.493 e. The number of nitrogens with two attached hydrogens (primary N) is 1. The molecule has 0 amide bonds. The first-order valence-electron chi connectivity index (χ1n) is 7.32. The van der Waals surface area contributed by atoms with Gasteiger partial charge < -0.3 is 15.5 Å². The molecule has 3 N–H and O–H groups in total. The van der Waals surface area contributed by atoms with Crippen molar-refractivity contribution in [3.05, 3.63) is 44.2 Å². The van der Waals surface area contributed by atoms with Crippen LogP contribution in [0.15, 0.2) is 27.5 Å². The van der Waals surface area contributed by atoms with Crippen LogP contribution in [0.1, 0.15) is 30.9 Å². The van der Waals surface area contributed by atoms with E-state index in [0.29, 0.717) is 17.9 Å². The molecule has 1 heterocycles. The molecule has 0 fully saturated rings. The van der Waals surface area contributed by atoms with Crippen molar-refractivity contribution in [3.8, 4) is 29.0 Å². The average Bonchev–Trinajstić information content (AvgIpc) is 2.55. The Balaban J connectivity index is 2.77. The minimum Gasteiger partial charge on any atom is -0.493 e. The minimum atomic E-state index is -0.636. The highest BCUT2D eigenvalue weighted by Crippen LogP contribution is 2.37. The van der Waals surface area contributed by atoms with Crippen LogP contribution in [0.2, 0.25) is 0 Å². The fraction of sp³-hybridized carbons (Fsp3) is 0.235. The summed E-state index contributed by atoms with van der Waals surface area (Å²) >= 11 is 3.37. The molecule has 122 valence electrons. The molecule has 1 aromatic heterocycles. The van der Waals surface area contributed by atoms with Crippen LogP contribution in [-0.4, -0.2) is 11.6 Å². The van der Waals surface area contributed by atoms with Gasteiger partial charge in [0.25, 0.3) is 5.56 Å². The van der Waals surface area contributed by atoms with E-state index < -0.39 is 5.56 Å². The van der Waals surface area contributed by atoms with E-state index in [-0.39, 0.29) is 22.5 Å². The van der Waals surface area contributed by atoms with E-state index in [1.54, 1.807) is 18.2 Å². The van der Waals surface area contributed by atoms with Gasteiger partial charge in [-0.1, -0.05) is 29.3 Å². The molecule has 0 unspecified atom stereocenters. The molecule has 7 heteroatoms. The smallest absolute Gasteiger partial charge is 0.268 e. The molecule has 0 aliphatic heterocycles. The molecule has 24 heavy (non-hydrogen) atoms. The molecule has 6 nitrogen and oxygen atoms in total. The first-order chi connectivity index (χ1) is 11.5. The molecule has 0 radical (unpaired) electrons. The van der Waals surface area contributed by atoms with Gasteiger partial charge in [0.2, 0.25) is 0 Å². The lowest BCUT2D eigenvalue weighted by Crippen LogP contribution is -2.16. The van der Waals surface area contributed by atoms with Crippen LogP contribution in [0, 0.1) is 22.7 Å². The van der Waals surface area contributed by atoms with Gasteiger partial charge in [-0.3, -0.25) is 4.79 Å². The standard InChI is InChI=1S/C17H15BrN4O2/c1-2-3-6-24-14-5-4-10(18)7-11(14)15-12(8-19)16(21)22-17(23)13(15)9-20/h4-5,7H,2-3,6H2,1H3,(H3,21,22,23). The first kappa shape index (κ1) is 17.6. The maximum atomic E-state index is 12.1. The Kier molecular flexibility index (Phi) is 5.62. The molecule has 2 rings (SSSR count). The lowest BCUT2D eigenvalue weighted by Gasteiger charge is -2.14. The number of nitrogen functional groups attached to an aromatic ring is 1. The Hall–Kier alpha value is -2.77. The molecule has 2 aromatic rings. The van der Waals surface area contributed by atoms with Gasteiger partial charge >= 0.3 is 0 Å². The number of rotatable bonds is 5. The zero-order valence-electron chi connectivity index (χ0n) is 13.0. The second-order valence-electron chi connectivity index (χ2n) is 5.06. The number of unbranched alkanes of at least 4 members (excludes halogenated alkanes) is 1. The number of halogens is 1. The van der Waals surface area contributed by atoms with Crippen molar-refractivity contribution in [1.82, 2.24) is 4.98 Å². The molecule has 0 saturated carbocycles. The molecule has 0 spiro atoms. The number of ether oxygens (including phenoxy) is 1. The second-order valence-corrected chi connectivity index (χ2v) is 5.97. The van der Waals surface area contributed by atoms with E-state index in [9.17, 15) is 15.3 Å². The van der Waals surface area contributed by atoms with Gasteiger partial charge in [0, 0.05) is 15.6 Å². The lowest BCUT2D eigenvalue weighted by atomic mass is 9.96. The topological polar surface area (TPSA) is 116 Å². The molecule has 0 atom stereocenters. The third-order valence-electron chi connectivity index (χ3n) is 3.43. The Morgan fingerprint density at radius 3 is 2.62 bits per heavy atom. The van der Waals surface area contributed by atoms with Crippen molar-refractivity contribution in [2.45, 2.75) is 19.8 Å². The van der Waals surface area contributed by atoms with Gasteiger partial charge in [0.15, 0.2) is 0 Å². The van der Waals surface area contributed by atoms with Crippen molar-refractivity contribution >= 4 is 21.7 Å². The molecular weight excluding hydrogens is 372 g/mol. The number of aromatic amines is 1. The van der Waals surface area contributed by atoms with Crippen LogP contribution in [0.5, 0.6) is 5.75 Å². The van der Waals surface area contributed by atoms with Crippen molar-refractivity contribution in [1.29, 1.82) is 10.5 Å². The van der Waals surface area contributed by atoms with E-state index >= 15 is 0 Å². The average molecular weight is 387 g/mol. The van der Waals surface area contributed by atoms with Crippen molar-refractivity contribution in [2.75, 3.05) is 12.3 Å². The van der Waals surface area contributed by atoms with Crippen molar-refractivity contribution in [2.24, 2.45) is 0 Å². The van der Waals surface area contributed by atoms with Gasteiger partial charge in [0.1, 0.15) is 34.8 Å². The summed E-state index contributed by atoms with van der Waals surface area (Å²) in [6.07, 6.45) is 1.83. The van der Waals surface area contributed by atoms with Crippen LogP contribution in [0.25, 0.3) is 11.1 Å².